The third kappa shape index (κ3) is 2.62. The summed E-state index contributed by atoms with van der Waals surface area (Å²) in [4.78, 5) is 11.6. The molecule has 2 N–H and O–H groups in total. The molecule has 0 bridgehead atoms. The lowest BCUT2D eigenvalue weighted by Gasteiger charge is -2.06. The molecule has 0 atom stereocenters. The standard InChI is InChI=1S/C11H12N4O2S/c1-17-10(16)9-5-3-2-4-8(9)6-18-11-14-13-7-15(11)12/h2-5,7H,6,12H2,1H3. The Morgan fingerprint density at radius 2 is 2.28 bits per heavy atom. The maximum absolute atomic E-state index is 11.6. The molecule has 0 saturated carbocycles. The predicted octanol–water partition coefficient (Wildman–Crippen LogP) is 1.07. The van der Waals surface area contributed by atoms with Crippen LogP contribution in [0.2, 0.25) is 0 Å². The number of carbonyl (C=O) groups is 1. The maximum Gasteiger partial charge on any atom is 0.338 e. The zero-order chi connectivity index (χ0) is 13.0. The van der Waals surface area contributed by atoms with E-state index in [-0.39, 0.29) is 5.97 Å². The second-order valence-electron chi connectivity index (χ2n) is 3.46. The van der Waals surface area contributed by atoms with E-state index in [0.717, 1.165) is 5.56 Å². The molecule has 0 aliphatic rings. The van der Waals surface area contributed by atoms with Gasteiger partial charge >= 0.3 is 5.97 Å². The van der Waals surface area contributed by atoms with Crippen LogP contribution in [0.3, 0.4) is 0 Å². The largest absolute Gasteiger partial charge is 0.465 e. The molecule has 1 aromatic carbocycles. The fourth-order valence-corrected chi connectivity index (χ4v) is 2.27. The molecule has 0 saturated heterocycles. The third-order valence-corrected chi connectivity index (χ3v) is 3.33. The van der Waals surface area contributed by atoms with Gasteiger partial charge in [-0.1, -0.05) is 30.0 Å². The SMILES string of the molecule is COC(=O)c1ccccc1CSc1nncn1N. The number of esters is 1. The molecule has 7 heteroatoms. The van der Waals surface area contributed by atoms with Crippen LogP contribution in [-0.2, 0) is 10.5 Å². The molecule has 2 rings (SSSR count). The van der Waals surface area contributed by atoms with Crippen molar-refractivity contribution in [2.45, 2.75) is 10.9 Å². The number of thioether (sulfide) groups is 1. The topological polar surface area (TPSA) is 83.0 Å². The first kappa shape index (κ1) is 12.4. The van der Waals surface area contributed by atoms with E-state index in [0.29, 0.717) is 16.5 Å². The number of benzene rings is 1. The van der Waals surface area contributed by atoms with Crippen LogP contribution >= 0.6 is 11.8 Å². The van der Waals surface area contributed by atoms with Crippen LogP contribution in [-0.4, -0.2) is 28.0 Å². The summed E-state index contributed by atoms with van der Waals surface area (Å²) in [6.07, 6.45) is 1.43. The Morgan fingerprint density at radius 3 is 2.94 bits per heavy atom. The van der Waals surface area contributed by atoms with Crippen molar-refractivity contribution in [3.63, 3.8) is 0 Å². The van der Waals surface area contributed by atoms with Crippen LogP contribution in [0.25, 0.3) is 0 Å². The summed E-state index contributed by atoms with van der Waals surface area (Å²) in [6.45, 7) is 0. The average Bonchev–Trinajstić information content (AvgIpc) is 2.81. The minimum atomic E-state index is -0.347. The Kier molecular flexibility index (Phi) is 3.83. The van der Waals surface area contributed by atoms with Gasteiger partial charge in [0.25, 0.3) is 0 Å². The van der Waals surface area contributed by atoms with Crippen molar-refractivity contribution in [2.24, 2.45) is 0 Å². The fraction of sp³-hybridized carbons (Fsp3) is 0.182. The van der Waals surface area contributed by atoms with Gasteiger partial charge in [-0.3, -0.25) is 0 Å². The lowest BCUT2D eigenvalue weighted by Crippen LogP contribution is -2.08. The number of nitrogens with zero attached hydrogens (tertiary/aromatic N) is 3. The fourth-order valence-electron chi connectivity index (χ4n) is 1.43. The van der Waals surface area contributed by atoms with Crippen molar-refractivity contribution in [1.29, 1.82) is 0 Å². The lowest BCUT2D eigenvalue weighted by atomic mass is 10.1. The van der Waals surface area contributed by atoms with Crippen molar-refractivity contribution in [3.8, 4) is 0 Å². The molecule has 0 aliphatic heterocycles. The highest BCUT2D eigenvalue weighted by Crippen LogP contribution is 2.22. The van der Waals surface area contributed by atoms with Gasteiger partial charge in [0.2, 0.25) is 5.16 Å². The van der Waals surface area contributed by atoms with Crippen molar-refractivity contribution in [1.82, 2.24) is 14.9 Å². The third-order valence-electron chi connectivity index (χ3n) is 2.32. The van der Waals surface area contributed by atoms with Crippen molar-refractivity contribution < 1.29 is 9.53 Å². The van der Waals surface area contributed by atoms with E-state index < -0.39 is 0 Å². The summed E-state index contributed by atoms with van der Waals surface area (Å²) in [5.74, 6) is 5.83. The van der Waals surface area contributed by atoms with Gasteiger partial charge in [0.1, 0.15) is 6.33 Å². The number of aromatic nitrogens is 3. The molecule has 1 heterocycles. The first-order chi connectivity index (χ1) is 8.72. The lowest BCUT2D eigenvalue weighted by molar-refractivity contribution is 0.0600. The molecule has 2 aromatic rings. The van der Waals surface area contributed by atoms with Crippen molar-refractivity contribution in [3.05, 3.63) is 41.7 Å². The van der Waals surface area contributed by atoms with Crippen LogP contribution in [0.15, 0.2) is 35.7 Å². The van der Waals surface area contributed by atoms with Crippen LogP contribution in [0.4, 0.5) is 0 Å². The number of nitrogen functional groups attached to an aromatic ring is 1. The normalized spacial score (nSPS) is 10.3. The molecule has 0 amide bonds. The molecule has 1 aromatic heterocycles. The Bertz CT molecular complexity index is 555. The van der Waals surface area contributed by atoms with Crippen LogP contribution < -0.4 is 5.84 Å². The summed E-state index contributed by atoms with van der Waals surface area (Å²) in [5, 5.41) is 8.14. The van der Waals surface area contributed by atoms with Crippen LogP contribution in [0.1, 0.15) is 15.9 Å². The van der Waals surface area contributed by atoms with E-state index in [9.17, 15) is 4.79 Å². The summed E-state index contributed by atoms with van der Waals surface area (Å²) in [6, 6.07) is 7.27. The maximum atomic E-state index is 11.6. The predicted molar refractivity (Wildman–Crippen MR) is 67.5 cm³/mol. The zero-order valence-electron chi connectivity index (χ0n) is 9.74. The van der Waals surface area contributed by atoms with E-state index in [1.165, 1.54) is 29.9 Å². The smallest absolute Gasteiger partial charge is 0.338 e. The van der Waals surface area contributed by atoms with Gasteiger partial charge in [-0.05, 0) is 11.6 Å². The Balaban J connectivity index is 2.14. The van der Waals surface area contributed by atoms with Crippen molar-refractivity contribution in [2.75, 3.05) is 13.0 Å². The monoisotopic (exact) mass is 264 g/mol. The first-order valence-corrected chi connectivity index (χ1v) is 6.15. The van der Waals surface area contributed by atoms with Crippen LogP contribution in [0, 0.1) is 0 Å². The number of hydrogen-bond acceptors (Lipinski definition) is 6. The molecule has 0 spiro atoms. The van der Waals surface area contributed by atoms with Gasteiger partial charge < -0.3 is 10.6 Å². The summed E-state index contributed by atoms with van der Waals surface area (Å²) >= 11 is 1.41. The number of methoxy groups -OCH3 is 1. The molecule has 18 heavy (non-hydrogen) atoms. The van der Waals surface area contributed by atoms with Gasteiger partial charge in [0.05, 0.1) is 12.7 Å². The average molecular weight is 264 g/mol. The summed E-state index contributed by atoms with van der Waals surface area (Å²) in [7, 11) is 1.36. The van der Waals surface area contributed by atoms with Gasteiger partial charge in [-0.2, -0.15) is 0 Å². The molecule has 0 aliphatic carbocycles. The number of hydrogen-bond donors (Lipinski definition) is 1. The molecule has 0 radical (unpaired) electrons. The van der Waals surface area contributed by atoms with E-state index in [1.807, 2.05) is 12.1 Å². The quantitative estimate of drug-likeness (QED) is 0.505. The van der Waals surface area contributed by atoms with E-state index >= 15 is 0 Å². The second kappa shape index (κ2) is 5.54. The minimum Gasteiger partial charge on any atom is -0.465 e. The highest BCUT2D eigenvalue weighted by molar-refractivity contribution is 7.98. The molecule has 0 fully saturated rings. The van der Waals surface area contributed by atoms with E-state index in [2.05, 4.69) is 10.2 Å². The number of ether oxygens (including phenoxy) is 1. The van der Waals surface area contributed by atoms with Gasteiger partial charge in [0, 0.05) is 5.75 Å². The summed E-state index contributed by atoms with van der Waals surface area (Å²) < 4.78 is 6.07. The Hall–Kier alpha value is -2.02. The van der Waals surface area contributed by atoms with Gasteiger partial charge in [0.15, 0.2) is 0 Å². The molecule has 6 nitrogen and oxygen atoms in total. The van der Waals surface area contributed by atoms with E-state index in [4.69, 9.17) is 10.6 Å². The molecular formula is C11H12N4O2S. The van der Waals surface area contributed by atoms with E-state index in [1.54, 1.807) is 12.1 Å². The number of rotatable bonds is 4. The minimum absolute atomic E-state index is 0.347. The Morgan fingerprint density at radius 1 is 1.50 bits per heavy atom. The van der Waals surface area contributed by atoms with Crippen LogP contribution in [0.5, 0.6) is 0 Å². The number of carbonyl (C=O) groups excluding carboxylic acids is 1. The van der Waals surface area contributed by atoms with Gasteiger partial charge in [-0.15, -0.1) is 10.2 Å². The second-order valence-corrected chi connectivity index (χ2v) is 4.40. The highest BCUT2D eigenvalue weighted by atomic mass is 32.2. The zero-order valence-corrected chi connectivity index (χ0v) is 10.6. The summed E-state index contributed by atoms with van der Waals surface area (Å²) in [5.41, 5.74) is 1.42. The molecule has 0 unspecified atom stereocenters. The molecular weight excluding hydrogens is 252 g/mol. The number of nitrogens with two attached hydrogens (primary N) is 1. The highest BCUT2D eigenvalue weighted by Gasteiger charge is 2.12. The molecule has 94 valence electrons. The Labute approximate surface area is 108 Å². The van der Waals surface area contributed by atoms with Gasteiger partial charge in [-0.25, -0.2) is 9.47 Å². The van der Waals surface area contributed by atoms with Crippen molar-refractivity contribution >= 4 is 17.7 Å². The first-order valence-electron chi connectivity index (χ1n) is 5.16.